The molecule has 0 radical (unpaired) electrons. The summed E-state index contributed by atoms with van der Waals surface area (Å²) < 4.78 is 3.16. The van der Waals surface area contributed by atoms with Crippen LogP contribution in [0, 0.1) is 6.92 Å². The van der Waals surface area contributed by atoms with Crippen LogP contribution >= 0.6 is 22.7 Å². The Morgan fingerprint density at radius 3 is 2.84 bits per heavy atom. The maximum atomic E-state index is 13.4. The third-order valence-corrected chi connectivity index (χ3v) is 7.07. The highest BCUT2D eigenvalue weighted by Gasteiger charge is 2.15. The molecule has 3 heterocycles. The lowest BCUT2D eigenvalue weighted by Crippen LogP contribution is -2.17. The highest BCUT2D eigenvalue weighted by molar-refractivity contribution is 7.16. The number of rotatable bonds is 4. The molecule has 2 aromatic carbocycles. The second kappa shape index (κ2) is 8.06. The van der Waals surface area contributed by atoms with Crippen molar-refractivity contribution in [3.05, 3.63) is 94.6 Å². The van der Waals surface area contributed by atoms with Gasteiger partial charge in [0.2, 0.25) is 0 Å². The Kier molecular flexibility index (Phi) is 5.10. The zero-order valence-electron chi connectivity index (χ0n) is 16.9. The van der Waals surface area contributed by atoms with Crippen molar-refractivity contribution in [3.63, 3.8) is 0 Å². The summed E-state index contributed by atoms with van der Waals surface area (Å²) in [5.74, 6) is -0.265. The SMILES string of the molecule is C=CCn1c(=NC(=O)c2cc(-c3cccs3)nc3ccccc23)sc2cccc(C)c21. The molecular formula is C25H19N3OS2. The molecule has 0 aliphatic rings. The van der Waals surface area contributed by atoms with Crippen molar-refractivity contribution in [1.29, 1.82) is 0 Å². The predicted molar refractivity (Wildman–Crippen MR) is 130 cm³/mol. The lowest BCUT2D eigenvalue weighted by atomic mass is 10.1. The molecule has 0 atom stereocenters. The van der Waals surface area contributed by atoms with E-state index in [2.05, 4.69) is 35.2 Å². The number of carbonyl (C=O) groups excluding carboxylic acids is 1. The molecule has 0 aliphatic carbocycles. The second-order valence-electron chi connectivity index (χ2n) is 7.17. The van der Waals surface area contributed by atoms with Crippen LogP contribution in [-0.2, 0) is 6.54 Å². The first-order valence-electron chi connectivity index (χ1n) is 9.88. The van der Waals surface area contributed by atoms with Crippen LogP contribution in [0.25, 0.3) is 31.7 Å². The normalized spacial score (nSPS) is 12.0. The number of aryl methyl sites for hydroxylation is 1. The molecule has 0 N–H and O–H groups in total. The van der Waals surface area contributed by atoms with Crippen molar-refractivity contribution in [2.24, 2.45) is 4.99 Å². The second-order valence-corrected chi connectivity index (χ2v) is 9.13. The van der Waals surface area contributed by atoms with E-state index in [0.29, 0.717) is 16.9 Å². The molecule has 1 amide bonds. The molecule has 0 fully saturated rings. The molecule has 0 spiro atoms. The summed E-state index contributed by atoms with van der Waals surface area (Å²) in [4.78, 5) is 24.5. The van der Waals surface area contributed by atoms with E-state index in [1.807, 2.05) is 60.0 Å². The molecule has 0 bridgehead atoms. The van der Waals surface area contributed by atoms with E-state index >= 15 is 0 Å². The third kappa shape index (κ3) is 3.54. The first kappa shape index (κ1) is 19.6. The van der Waals surface area contributed by atoms with Gasteiger partial charge in [0, 0.05) is 11.9 Å². The van der Waals surface area contributed by atoms with Gasteiger partial charge in [-0.2, -0.15) is 4.99 Å². The average Bonchev–Trinajstić information content (AvgIpc) is 3.43. The zero-order chi connectivity index (χ0) is 21.4. The topological polar surface area (TPSA) is 47.2 Å². The number of para-hydroxylation sites is 2. The van der Waals surface area contributed by atoms with Crippen LogP contribution < -0.4 is 4.80 Å². The van der Waals surface area contributed by atoms with E-state index in [4.69, 9.17) is 4.98 Å². The highest BCUT2D eigenvalue weighted by Crippen LogP contribution is 2.28. The van der Waals surface area contributed by atoms with Gasteiger partial charge in [-0.15, -0.1) is 17.9 Å². The van der Waals surface area contributed by atoms with Gasteiger partial charge in [0.15, 0.2) is 4.80 Å². The number of thiazole rings is 1. The van der Waals surface area contributed by atoms with Crippen molar-refractivity contribution < 1.29 is 4.79 Å². The summed E-state index contributed by atoms with van der Waals surface area (Å²) in [6.45, 7) is 6.55. The average molecular weight is 442 g/mol. The first-order valence-corrected chi connectivity index (χ1v) is 11.6. The minimum Gasteiger partial charge on any atom is -0.312 e. The van der Waals surface area contributed by atoms with Gasteiger partial charge in [0.1, 0.15) is 0 Å². The minimum atomic E-state index is -0.265. The van der Waals surface area contributed by atoms with Gasteiger partial charge in [-0.3, -0.25) is 4.79 Å². The number of nitrogens with zero attached hydrogens (tertiary/aromatic N) is 3. The van der Waals surface area contributed by atoms with Crippen LogP contribution in [0.15, 0.2) is 83.7 Å². The lowest BCUT2D eigenvalue weighted by Gasteiger charge is -2.07. The number of thiophene rings is 1. The predicted octanol–water partition coefficient (Wildman–Crippen LogP) is 6.22. The summed E-state index contributed by atoms with van der Waals surface area (Å²) in [6.07, 6.45) is 1.83. The third-order valence-electron chi connectivity index (χ3n) is 5.13. The molecule has 0 aliphatic heterocycles. The summed E-state index contributed by atoms with van der Waals surface area (Å²) in [5, 5.41) is 2.82. The van der Waals surface area contributed by atoms with Gasteiger partial charge in [-0.05, 0) is 42.1 Å². The Balaban J connectivity index is 1.73. The maximum absolute atomic E-state index is 13.4. The standard InChI is InChI=1S/C25H19N3OS2/c1-3-13-28-23-16(2)8-6-11-22(23)31-25(28)27-24(29)18-15-20(21-12-7-14-30-21)26-19-10-5-4-9-17(18)19/h3-12,14-15H,1,13H2,2H3. The fourth-order valence-electron chi connectivity index (χ4n) is 3.74. The molecule has 0 saturated carbocycles. The number of hydrogen-bond donors (Lipinski definition) is 0. The quantitative estimate of drug-likeness (QED) is 0.311. The summed E-state index contributed by atoms with van der Waals surface area (Å²) in [5.41, 5.74) is 4.39. The molecule has 3 aromatic heterocycles. The molecule has 6 heteroatoms. The van der Waals surface area contributed by atoms with Gasteiger partial charge >= 0.3 is 0 Å². The number of fused-ring (bicyclic) bond motifs is 2. The Bertz CT molecular complexity index is 1510. The summed E-state index contributed by atoms with van der Waals surface area (Å²) >= 11 is 3.13. The van der Waals surface area contributed by atoms with Crippen molar-refractivity contribution in [2.75, 3.05) is 0 Å². The first-order chi connectivity index (χ1) is 15.2. The molecule has 31 heavy (non-hydrogen) atoms. The number of hydrogen-bond acceptors (Lipinski definition) is 4. The molecule has 5 aromatic rings. The molecular weight excluding hydrogens is 422 g/mol. The van der Waals surface area contributed by atoms with E-state index in [0.717, 1.165) is 37.3 Å². The van der Waals surface area contributed by atoms with E-state index in [1.54, 1.807) is 11.3 Å². The number of allylic oxidation sites excluding steroid dienone is 1. The summed E-state index contributed by atoms with van der Waals surface area (Å²) in [6, 6.07) is 19.7. The van der Waals surface area contributed by atoms with Crippen molar-refractivity contribution in [1.82, 2.24) is 9.55 Å². The van der Waals surface area contributed by atoms with Crippen LogP contribution in [0.1, 0.15) is 15.9 Å². The lowest BCUT2D eigenvalue weighted by molar-refractivity contribution is 0.0999. The van der Waals surface area contributed by atoms with Crippen molar-refractivity contribution in [2.45, 2.75) is 13.5 Å². The van der Waals surface area contributed by atoms with Gasteiger partial charge in [0.25, 0.3) is 5.91 Å². The fourth-order valence-corrected chi connectivity index (χ4v) is 5.54. The Morgan fingerprint density at radius 2 is 2.03 bits per heavy atom. The zero-order valence-corrected chi connectivity index (χ0v) is 18.5. The molecule has 5 rings (SSSR count). The number of pyridine rings is 1. The van der Waals surface area contributed by atoms with Gasteiger partial charge in [-0.1, -0.05) is 53.8 Å². The molecule has 152 valence electrons. The number of carbonyl (C=O) groups is 1. The van der Waals surface area contributed by atoms with Crippen LogP contribution in [0.2, 0.25) is 0 Å². The Hall–Kier alpha value is -3.35. The van der Waals surface area contributed by atoms with E-state index in [9.17, 15) is 4.79 Å². The van der Waals surface area contributed by atoms with Gasteiger partial charge in [-0.25, -0.2) is 4.98 Å². The largest absolute Gasteiger partial charge is 0.312 e. The van der Waals surface area contributed by atoms with Crippen LogP contribution in [0.4, 0.5) is 0 Å². The van der Waals surface area contributed by atoms with Crippen molar-refractivity contribution >= 4 is 49.7 Å². The Morgan fingerprint density at radius 1 is 1.16 bits per heavy atom. The van der Waals surface area contributed by atoms with E-state index < -0.39 is 0 Å². The van der Waals surface area contributed by atoms with Crippen LogP contribution in [0.3, 0.4) is 0 Å². The molecule has 4 nitrogen and oxygen atoms in total. The highest BCUT2D eigenvalue weighted by atomic mass is 32.1. The monoisotopic (exact) mass is 441 g/mol. The van der Waals surface area contributed by atoms with E-state index in [-0.39, 0.29) is 5.91 Å². The van der Waals surface area contributed by atoms with Gasteiger partial charge < -0.3 is 4.57 Å². The van der Waals surface area contributed by atoms with Crippen molar-refractivity contribution in [3.8, 4) is 10.6 Å². The number of aromatic nitrogens is 2. The molecule has 0 unspecified atom stereocenters. The van der Waals surface area contributed by atoms with Crippen LogP contribution in [0.5, 0.6) is 0 Å². The van der Waals surface area contributed by atoms with Crippen LogP contribution in [-0.4, -0.2) is 15.5 Å². The minimum absolute atomic E-state index is 0.265. The Labute approximate surface area is 187 Å². The number of benzene rings is 2. The summed E-state index contributed by atoms with van der Waals surface area (Å²) in [7, 11) is 0. The smallest absolute Gasteiger partial charge is 0.280 e. The fraction of sp³-hybridized carbons (Fsp3) is 0.0800. The van der Waals surface area contributed by atoms with E-state index in [1.165, 1.54) is 11.3 Å². The van der Waals surface area contributed by atoms with Gasteiger partial charge in [0.05, 0.1) is 31.9 Å². The molecule has 0 saturated heterocycles. The maximum Gasteiger partial charge on any atom is 0.280 e. The number of amides is 1.